The molecule has 0 spiro atoms. The number of carbonyl (C=O) groups excluding carboxylic acids is 1. The molecule has 1 saturated heterocycles. The molecule has 1 aliphatic heterocycles. The molecule has 1 unspecified atom stereocenters. The molecule has 19 heavy (non-hydrogen) atoms. The van der Waals surface area contributed by atoms with Gasteiger partial charge in [-0.15, -0.1) is 0 Å². The number of aliphatic hydroxyl groups excluding tert-OH is 2. The third-order valence-electron chi connectivity index (χ3n) is 5.69. The van der Waals surface area contributed by atoms with E-state index in [1.54, 1.807) is 0 Å². The van der Waals surface area contributed by atoms with E-state index in [4.69, 9.17) is 4.74 Å². The zero-order valence-electron chi connectivity index (χ0n) is 11.5. The Morgan fingerprint density at radius 2 is 2.11 bits per heavy atom. The molecule has 0 aromatic heterocycles. The van der Waals surface area contributed by atoms with Gasteiger partial charge < -0.3 is 14.9 Å². The van der Waals surface area contributed by atoms with E-state index in [1.165, 1.54) is 0 Å². The Labute approximate surface area is 113 Å². The standard InChI is InChI=1S/C15H22O4/c1-7-6-10(16)13(17)15(3)5-4-9-8(2)14(18)19-12(9)11(7)15/h8-13,16-17H,1,4-6H2,2-3H3/t8-,9?,10-,11+,12-,13+,15+/m0/s1. The van der Waals surface area contributed by atoms with Crippen molar-refractivity contribution >= 4 is 5.97 Å². The second-order valence-corrected chi connectivity index (χ2v) is 6.75. The highest BCUT2D eigenvalue weighted by atomic mass is 16.6. The molecule has 1 heterocycles. The number of rotatable bonds is 0. The second-order valence-electron chi connectivity index (χ2n) is 6.75. The molecule has 3 aliphatic rings. The van der Waals surface area contributed by atoms with Crippen molar-refractivity contribution in [3.63, 3.8) is 0 Å². The monoisotopic (exact) mass is 266 g/mol. The fraction of sp³-hybridized carbons (Fsp3) is 0.800. The number of hydrogen-bond donors (Lipinski definition) is 2. The largest absolute Gasteiger partial charge is 0.461 e. The highest BCUT2D eigenvalue weighted by molar-refractivity contribution is 5.75. The summed E-state index contributed by atoms with van der Waals surface area (Å²) in [4.78, 5) is 11.8. The number of fused-ring (bicyclic) bond motifs is 3. The summed E-state index contributed by atoms with van der Waals surface area (Å²) in [6, 6.07) is 0. The number of hydrogen-bond acceptors (Lipinski definition) is 4. The molecule has 2 aliphatic carbocycles. The third-order valence-corrected chi connectivity index (χ3v) is 5.69. The first-order valence-corrected chi connectivity index (χ1v) is 7.10. The molecule has 7 atom stereocenters. The van der Waals surface area contributed by atoms with E-state index in [9.17, 15) is 15.0 Å². The number of aliphatic hydroxyl groups is 2. The SMILES string of the molecule is C=C1C[C@H](O)[C@@H](O)[C@]2(C)CCC3[C@H](C)C(=O)O[C@@H]3[C@@H]12. The highest BCUT2D eigenvalue weighted by Crippen LogP contribution is 2.57. The quantitative estimate of drug-likeness (QED) is 0.512. The maximum Gasteiger partial charge on any atom is 0.309 e. The molecule has 0 amide bonds. The van der Waals surface area contributed by atoms with E-state index < -0.39 is 17.6 Å². The maximum atomic E-state index is 11.8. The topological polar surface area (TPSA) is 66.8 Å². The van der Waals surface area contributed by atoms with E-state index in [0.29, 0.717) is 6.42 Å². The maximum absolute atomic E-state index is 11.8. The summed E-state index contributed by atoms with van der Waals surface area (Å²) in [6.45, 7) is 7.99. The molecule has 0 aromatic carbocycles. The van der Waals surface area contributed by atoms with Crippen molar-refractivity contribution in [1.29, 1.82) is 0 Å². The van der Waals surface area contributed by atoms with E-state index >= 15 is 0 Å². The van der Waals surface area contributed by atoms with Crippen molar-refractivity contribution in [2.45, 2.75) is 51.4 Å². The first kappa shape index (κ1) is 13.1. The summed E-state index contributed by atoms with van der Waals surface area (Å²) >= 11 is 0. The van der Waals surface area contributed by atoms with Crippen LogP contribution in [0.25, 0.3) is 0 Å². The van der Waals surface area contributed by atoms with Crippen LogP contribution in [0.3, 0.4) is 0 Å². The van der Waals surface area contributed by atoms with Crippen molar-refractivity contribution in [2.24, 2.45) is 23.2 Å². The smallest absolute Gasteiger partial charge is 0.309 e. The minimum Gasteiger partial charge on any atom is -0.461 e. The second kappa shape index (κ2) is 4.06. The van der Waals surface area contributed by atoms with Gasteiger partial charge in [0.1, 0.15) is 6.10 Å². The fourth-order valence-electron chi connectivity index (χ4n) is 4.50. The Hall–Kier alpha value is -0.870. The van der Waals surface area contributed by atoms with Crippen LogP contribution in [-0.2, 0) is 9.53 Å². The number of carbonyl (C=O) groups is 1. The average Bonchev–Trinajstić information content (AvgIpc) is 2.62. The van der Waals surface area contributed by atoms with Gasteiger partial charge in [-0.3, -0.25) is 4.79 Å². The summed E-state index contributed by atoms with van der Waals surface area (Å²) in [7, 11) is 0. The van der Waals surface area contributed by atoms with Gasteiger partial charge in [0.2, 0.25) is 0 Å². The van der Waals surface area contributed by atoms with Crippen molar-refractivity contribution < 1.29 is 19.7 Å². The van der Waals surface area contributed by atoms with E-state index in [0.717, 1.165) is 18.4 Å². The van der Waals surface area contributed by atoms with Gasteiger partial charge in [0.05, 0.1) is 18.1 Å². The van der Waals surface area contributed by atoms with Crippen LogP contribution in [0.2, 0.25) is 0 Å². The van der Waals surface area contributed by atoms with Crippen LogP contribution < -0.4 is 0 Å². The Morgan fingerprint density at radius 3 is 2.79 bits per heavy atom. The van der Waals surface area contributed by atoms with Crippen molar-refractivity contribution in [3.05, 3.63) is 12.2 Å². The summed E-state index contributed by atoms with van der Waals surface area (Å²) in [5, 5.41) is 20.3. The van der Waals surface area contributed by atoms with Crippen LogP contribution in [0.15, 0.2) is 12.2 Å². The molecule has 2 N–H and O–H groups in total. The van der Waals surface area contributed by atoms with Crippen LogP contribution in [0, 0.1) is 23.2 Å². The van der Waals surface area contributed by atoms with E-state index in [-0.39, 0.29) is 29.8 Å². The Kier molecular flexibility index (Phi) is 2.81. The summed E-state index contributed by atoms with van der Waals surface area (Å²) < 4.78 is 5.57. The van der Waals surface area contributed by atoms with Gasteiger partial charge in [-0.05, 0) is 19.3 Å². The van der Waals surface area contributed by atoms with E-state index in [2.05, 4.69) is 6.58 Å². The molecule has 4 heteroatoms. The lowest BCUT2D eigenvalue weighted by Crippen LogP contribution is -2.58. The van der Waals surface area contributed by atoms with Gasteiger partial charge in [0, 0.05) is 17.3 Å². The summed E-state index contributed by atoms with van der Waals surface area (Å²) in [5.74, 6) is 0.00215. The zero-order chi connectivity index (χ0) is 13.9. The van der Waals surface area contributed by atoms with Gasteiger partial charge in [0.15, 0.2) is 0 Å². The Morgan fingerprint density at radius 1 is 1.42 bits per heavy atom. The molecular weight excluding hydrogens is 244 g/mol. The molecule has 3 fully saturated rings. The molecule has 0 bridgehead atoms. The van der Waals surface area contributed by atoms with Crippen molar-refractivity contribution in [2.75, 3.05) is 0 Å². The van der Waals surface area contributed by atoms with Crippen LogP contribution in [0.4, 0.5) is 0 Å². The minimum absolute atomic E-state index is 0.0291. The predicted molar refractivity (Wildman–Crippen MR) is 69.1 cm³/mol. The third kappa shape index (κ3) is 1.62. The average molecular weight is 266 g/mol. The lowest BCUT2D eigenvalue weighted by atomic mass is 9.53. The van der Waals surface area contributed by atoms with Crippen LogP contribution in [-0.4, -0.2) is 34.5 Å². The van der Waals surface area contributed by atoms with Gasteiger partial charge >= 0.3 is 5.97 Å². The predicted octanol–water partition coefficient (Wildman–Crippen LogP) is 1.26. The molecule has 2 saturated carbocycles. The first-order valence-electron chi connectivity index (χ1n) is 7.10. The molecule has 3 rings (SSSR count). The number of ether oxygens (including phenoxy) is 1. The van der Waals surface area contributed by atoms with Gasteiger partial charge in [-0.1, -0.05) is 26.0 Å². The first-order chi connectivity index (χ1) is 8.86. The fourth-order valence-corrected chi connectivity index (χ4v) is 4.50. The van der Waals surface area contributed by atoms with Crippen molar-refractivity contribution in [3.8, 4) is 0 Å². The lowest BCUT2D eigenvalue weighted by molar-refractivity contribution is -0.162. The molecule has 0 aromatic rings. The van der Waals surface area contributed by atoms with Crippen LogP contribution >= 0.6 is 0 Å². The van der Waals surface area contributed by atoms with Crippen LogP contribution in [0.1, 0.15) is 33.1 Å². The lowest BCUT2D eigenvalue weighted by Gasteiger charge is -2.54. The summed E-state index contributed by atoms with van der Waals surface area (Å²) in [5.41, 5.74) is 0.483. The van der Waals surface area contributed by atoms with Gasteiger partial charge in [-0.25, -0.2) is 0 Å². The van der Waals surface area contributed by atoms with E-state index in [1.807, 2.05) is 13.8 Å². The minimum atomic E-state index is -0.765. The van der Waals surface area contributed by atoms with Gasteiger partial charge in [-0.2, -0.15) is 0 Å². The Bertz CT molecular complexity index is 432. The Balaban J connectivity index is 1.98. The molecule has 4 nitrogen and oxygen atoms in total. The zero-order valence-corrected chi connectivity index (χ0v) is 11.5. The summed E-state index contributed by atoms with van der Waals surface area (Å²) in [6.07, 6.45) is 0.379. The highest BCUT2D eigenvalue weighted by Gasteiger charge is 2.60. The molecular formula is C15H22O4. The van der Waals surface area contributed by atoms with Gasteiger partial charge in [0.25, 0.3) is 0 Å². The molecule has 0 radical (unpaired) electrons. The van der Waals surface area contributed by atoms with Crippen LogP contribution in [0.5, 0.6) is 0 Å². The number of esters is 1. The molecule has 106 valence electrons. The normalized spacial score (nSPS) is 53.5. The van der Waals surface area contributed by atoms with Crippen molar-refractivity contribution in [1.82, 2.24) is 0 Å².